The van der Waals surface area contributed by atoms with Crippen molar-refractivity contribution in [2.45, 2.75) is 34.8 Å². The zero-order chi connectivity index (χ0) is 25.2. The van der Waals surface area contributed by atoms with Crippen LogP contribution in [0.2, 0.25) is 0 Å². The highest BCUT2D eigenvalue weighted by Gasteiger charge is 2.33. The van der Waals surface area contributed by atoms with Gasteiger partial charge in [0, 0.05) is 24.3 Å². The average Bonchev–Trinajstić information content (AvgIpc) is 2.84. The van der Waals surface area contributed by atoms with Crippen LogP contribution in [0.1, 0.15) is 28.8 Å². The molecule has 0 spiro atoms. The second kappa shape index (κ2) is 9.79. The lowest BCUT2D eigenvalue weighted by molar-refractivity contribution is 0.0725. The van der Waals surface area contributed by atoms with Crippen LogP contribution < -0.4 is 4.72 Å². The molecule has 1 aliphatic heterocycles. The van der Waals surface area contributed by atoms with E-state index in [0.717, 1.165) is 17.7 Å². The van der Waals surface area contributed by atoms with Gasteiger partial charge in [-0.15, -0.1) is 0 Å². The molecule has 184 valence electrons. The fourth-order valence-corrected chi connectivity index (χ4v) is 6.94. The lowest BCUT2D eigenvalue weighted by Crippen LogP contribution is -2.42. The zero-order valence-corrected chi connectivity index (χ0v) is 20.6. The Kier molecular flexibility index (Phi) is 6.95. The molecule has 0 radical (unpaired) electrons. The molecule has 1 saturated heterocycles. The van der Waals surface area contributed by atoms with Crippen molar-refractivity contribution >= 4 is 31.5 Å². The zero-order valence-electron chi connectivity index (χ0n) is 19.0. The first kappa shape index (κ1) is 24.9. The number of rotatable bonds is 6. The summed E-state index contributed by atoms with van der Waals surface area (Å²) in [7, 11) is -7.37. The van der Waals surface area contributed by atoms with E-state index in [1.54, 1.807) is 30.0 Å². The smallest absolute Gasteiger partial charge is 0.261 e. The number of aryl methyl sites for hydroxylation is 1. The molecule has 1 fully saturated rings. The third-order valence-corrected chi connectivity index (χ3v) is 9.65. The summed E-state index contributed by atoms with van der Waals surface area (Å²) in [4.78, 5) is 14.7. The first-order chi connectivity index (χ1) is 16.6. The number of sulfone groups is 1. The number of nitrogens with one attached hydrogen (secondary N) is 1. The fourth-order valence-electron chi connectivity index (χ4n) is 4.05. The van der Waals surface area contributed by atoms with Crippen LogP contribution in [0.15, 0.2) is 82.6 Å². The van der Waals surface area contributed by atoms with Crippen molar-refractivity contribution in [1.82, 2.24) is 4.90 Å². The maximum absolute atomic E-state index is 13.1. The van der Waals surface area contributed by atoms with Crippen LogP contribution in [-0.2, 0) is 19.9 Å². The number of nitrogens with zero attached hydrogens (tertiary/aromatic N) is 1. The number of amides is 1. The third-order valence-electron chi connectivity index (χ3n) is 5.99. The number of hydrogen-bond donors (Lipinski definition) is 1. The summed E-state index contributed by atoms with van der Waals surface area (Å²) < 4.78 is 66.5. The highest BCUT2D eigenvalue weighted by molar-refractivity contribution is 7.92. The Morgan fingerprint density at radius 3 is 2.11 bits per heavy atom. The Balaban J connectivity index is 1.39. The van der Waals surface area contributed by atoms with E-state index in [1.807, 2.05) is 0 Å². The van der Waals surface area contributed by atoms with Crippen LogP contribution in [0.5, 0.6) is 0 Å². The van der Waals surface area contributed by atoms with Gasteiger partial charge in [0.25, 0.3) is 15.9 Å². The number of benzene rings is 3. The van der Waals surface area contributed by atoms with E-state index in [0.29, 0.717) is 11.3 Å². The van der Waals surface area contributed by atoms with Crippen LogP contribution in [-0.4, -0.2) is 46.0 Å². The fraction of sp³-hybridized carbons (Fsp3) is 0.240. The monoisotopic (exact) mass is 516 g/mol. The van der Waals surface area contributed by atoms with Crippen molar-refractivity contribution in [1.29, 1.82) is 0 Å². The molecule has 0 bridgehead atoms. The first-order valence-corrected chi connectivity index (χ1v) is 14.1. The Labute approximate surface area is 204 Å². The molecule has 35 heavy (non-hydrogen) atoms. The van der Waals surface area contributed by atoms with Gasteiger partial charge in [-0.05, 0) is 86.0 Å². The van der Waals surface area contributed by atoms with Gasteiger partial charge in [-0.2, -0.15) is 0 Å². The molecular formula is C25H25FN2O5S2. The number of carbonyl (C=O) groups is 1. The number of likely N-dealkylation sites (tertiary alicyclic amines) is 1. The number of anilines is 1. The average molecular weight is 517 g/mol. The van der Waals surface area contributed by atoms with Crippen molar-refractivity contribution in [3.05, 3.63) is 89.7 Å². The molecule has 1 N–H and O–H groups in total. The van der Waals surface area contributed by atoms with Crippen LogP contribution in [0, 0.1) is 12.7 Å². The molecule has 10 heteroatoms. The highest BCUT2D eigenvalue weighted by Crippen LogP contribution is 2.26. The molecule has 4 rings (SSSR count). The van der Waals surface area contributed by atoms with Crippen molar-refractivity contribution < 1.29 is 26.0 Å². The topological polar surface area (TPSA) is 101 Å². The summed E-state index contributed by atoms with van der Waals surface area (Å²) in [6.07, 6.45) is 0.555. The Hall–Kier alpha value is -3.24. The van der Waals surface area contributed by atoms with Crippen LogP contribution in [0.25, 0.3) is 0 Å². The van der Waals surface area contributed by atoms with Crippen molar-refractivity contribution in [2.24, 2.45) is 0 Å². The van der Waals surface area contributed by atoms with Gasteiger partial charge in [-0.3, -0.25) is 9.52 Å². The second-order valence-corrected chi connectivity index (χ2v) is 12.4. The molecule has 3 aromatic carbocycles. The second-order valence-electron chi connectivity index (χ2n) is 8.49. The van der Waals surface area contributed by atoms with E-state index in [1.165, 1.54) is 42.5 Å². The largest absolute Gasteiger partial charge is 0.339 e. The molecule has 3 aromatic rings. The molecule has 0 aromatic heterocycles. The molecule has 1 amide bonds. The number of piperidine rings is 1. The molecule has 0 atom stereocenters. The SMILES string of the molecule is Cc1cccc(S(=O)(=O)Nc2ccc(C(=O)N3CCC(S(=O)(=O)c4ccc(F)cc4)CC3)cc2)c1. The van der Waals surface area contributed by atoms with Gasteiger partial charge < -0.3 is 4.90 Å². The molecule has 0 aliphatic carbocycles. The van der Waals surface area contributed by atoms with E-state index in [4.69, 9.17) is 0 Å². The predicted molar refractivity (Wildman–Crippen MR) is 131 cm³/mol. The lowest BCUT2D eigenvalue weighted by atomic mass is 10.1. The first-order valence-electron chi connectivity index (χ1n) is 11.0. The molecule has 0 unspecified atom stereocenters. The minimum absolute atomic E-state index is 0.0763. The molecule has 1 heterocycles. The van der Waals surface area contributed by atoms with Gasteiger partial charge >= 0.3 is 0 Å². The van der Waals surface area contributed by atoms with E-state index in [2.05, 4.69) is 4.72 Å². The van der Waals surface area contributed by atoms with Crippen molar-refractivity contribution in [3.63, 3.8) is 0 Å². The summed E-state index contributed by atoms with van der Waals surface area (Å²) in [6, 6.07) is 17.4. The third kappa shape index (κ3) is 5.54. The van der Waals surface area contributed by atoms with E-state index >= 15 is 0 Å². The molecule has 0 saturated carbocycles. The van der Waals surface area contributed by atoms with Gasteiger partial charge in [0.2, 0.25) is 0 Å². The highest BCUT2D eigenvalue weighted by atomic mass is 32.2. The van der Waals surface area contributed by atoms with Gasteiger partial charge in [0.05, 0.1) is 15.0 Å². The standard InChI is InChI=1S/C25H25FN2O5S2/c1-18-3-2-4-24(17-18)35(32,33)27-21-9-5-19(6-10-21)25(29)28-15-13-23(14-16-28)34(30,31)22-11-7-20(26)8-12-22/h2-12,17,23,27H,13-16H2,1H3. The van der Waals surface area contributed by atoms with E-state index < -0.39 is 30.9 Å². The van der Waals surface area contributed by atoms with E-state index in [9.17, 15) is 26.0 Å². The maximum Gasteiger partial charge on any atom is 0.261 e. The van der Waals surface area contributed by atoms with Gasteiger partial charge in [0.1, 0.15) is 5.82 Å². The number of halogens is 1. The molecule has 1 aliphatic rings. The summed E-state index contributed by atoms with van der Waals surface area (Å²) in [5.74, 6) is -0.755. The predicted octanol–water partition coefficient (Wildman–Crippen LogP) is 4.01. The van der Waals surface area contributed by atoms with Gasteiger partial charge in [-0.25, -0.2) is 21.2 Å². The molecular weight excluding hydrogens is 491 g/mol. The van der Waals surface area contributed by atoms with Gasteiger partial charge in [0.15, 0.2) is 9.84 Å². The summed E-state index contributed by atoms with van der Waals surface area (Å²) in [5.41, 5.74) is 1.53. The normalized spacial score (nSPS) is 15.1. The summed E-state index contributed by atoms with van der Waals surface area (Å²) in [6.45, 7) is 2.35. The van der Waals surface area contributed by atoms with Crippen LogP contribution in [0.3, 0.4) is 0 Å². The summed E-state index contributed by atoms with van der Waals surface area (Å²) >= 11 is 0. The quantitative estimate of drug-likeness (QED) is 0.499. The van der Waals surface area contributed by atoms with Gasteiger partial charge in [-0.1, -0.05) is 12.1 Å². The minimum Gasteiger partial charge on any atom is -0.339 e. The lowest BCUT2D eigenvalue weighted by Gasteiger charge is -2.31. The van der Waals surface area contributed by atoms with Crippen LogP contribution >= 0.6 is 0 Å². The van der Waals surface area contributed by atoms with Crippen LogP contribution in [0.4, 0.5) is 10.1 Å². The Morgan fingerprint density at radius 2 is 1.51 bits per heavy atom. The van der Waals surface area contributed by atoms with E-state index in [-0.39, 0.29) is 41.6 Å². The number of hydrogen-bond acceptors (Lipinski definition) is 5. The van der Waals surface area contributed by atoms with Crippen molar-refractivity contribution in [3.8, 4) is 0 Å². The Bertz CT molecular complexity index is 1430. The Morgan fingerprint density at radius 1 is 0.886 bits per heavy atom. The summed E-state index contributed by atoms with van der Waals surface area (Å²) in [5, 5.41) is -0.643. The number of carbonyl (C=O) groups excluding carboxylic acids is 1. The number of sulfonamides is 1. The van der Waals surface area contributed by atoms with Crippen molar-refractivity contribution in [2.75, 3.05) is 17.8 Å². The molecule has 7 nitrogen and oxygen atoms in total. The maximum atomic E-state index is 13.1. The minimum atomic E-state index is -3.76.